The molecule has 0 aliphatic rings. The van der Waals surface area contributed by atoms with Crippen molar-refractivity contribution in [2.45, 2.75) is 6.55 Å². The van der Waals surface area contributed by atoms with Gasteiger partial charge in [-0.05, 0) is 6.55 Å². The van der Waals surface area contributed by atoms with Gasteiger partial charge in [-0.1, -0.05) is 23.2 Å². The molecule has 15 heavy (non-hydrogen) atoms. The van der Waals surface area contributed by atoms with Gasteiger partial charge in [-0.3, -0.25) is 4.11 Å². The molecule has 1 unspecified atom stereocenters. The molecule has 0 saturated carbocycles. The number of halogens is 7. The van der Waals surface area contributed by atoms with Crippen molar-refractivity contribution in [3.8, 4) is 0 Å². The summed E-state index contributed by atoms with van der Waals surface area (Å²) in [5, 5.41) is -3.03. The van der Waals surface area contributed by atoms with E-state index >= 15 is 0 Å². The maximum Gasteiger partial charge on any atom is 0.371 e. The Hall–Kier alpha value is 0.0269. The Morgan fingerprint density at radius 1 is 0.933 bits per heavy atom. The first kappa shape index (κ1) is 13.1. The summed E-state index contributed by atoms with van der Waals surface area (Å²) >= 11 is 15.6. The predicted molar refractivity (Wildman–Crippen MR) is 54.5 cm³/mol. The van der Waals surface area contributed by atoms with E-state index in [-0.39, 0.29) is 0 Å². The predicted octanol–water partition coefficient (Wildman–Crippen LogP) is 3.90. The smallest absolute Gasteiger partial charge is 0.287 e. The molecule has 0 N–H and O–H groups in total. The summed E-state index contributed by atoms with van der Waals surface area (Å²) in [5.74, 6) is -4.71. The number of rotatable bonds is 1. The molecule has 0 heterocycles. The SMILES string of the molecule is C[Si](F)(Cl)c1c(F)c(Cl)c(F)c(F)c1Cl. The van der Waals surface area contributed by atoms with E-state index in [9.17, 15) is 17.3 Å². The zero-order valence-corrected chi connectivity index (χ0v) is 10.4. The lowest BCUT2D eigenvalue weighted by Crippen LogP contribution is -2.38. The second kappa shape index (κ2) is 4.12. The molecule has 0 amide bonds. The van der Waals surface area contributed by atoms with Gasteiger partial charge in [0, 0.05) is 5.19 Å². The van der Waals surface area contributed by atoms with Crippen LogP contribution < -0.4 is 5.19 Å². The zero-order valence-electron chi connectivity index (χ0n) is 7.15. The minimum atomic E-state index is -4.23. The molecule has 0 radical (unpaired) electrons. The van der Waals surface area contributed by atoms with E-state index in [1.807, 2.05) is 0 Å². The molecular weight excluding hydrogens is 295 g/mol. The molecule has 0 nitrogen and oxygen atoms in total. The van der Waals surface area contributed by atoms with E-state index in [1.165, 1.54) is 0 Å². The fraction of sp³-hybridized carbons (Fsp3) is 0.143. The van der Waals surface area contributed by atoms with Crippen LogP contribution in [0.15, 0.2) is 0 Å². The van der Waals surface area contributed by atoms with Gasteiger partial charge in [0.1, 0.15) is 10.8 Å². The van der Waals surface area contributed by atoms with Crippen LogP contribution in [-0.2, 0) is 0 Å². The molecule has 1 rings (SSSR count). The second-order valence-corrected chi connectivity index (χ2v) is 8.00. The molecule has 0 aliphatic carbocycles. The summed E-state index contributed by atoms with van der Waals surface area (Å²) in [4.78, 5) is 0. The summed E-state index contributed by atoms with van der Waals surface area (Å²) < 4.78 is 52.5. The lowest BCUT2D eigenvalue weighted by atomic mass is 10.3. The molecular formula is C7H3Cl3F4Si. The van der Waals surface area contributed by atoms with Crippen molar-refractivity contribution in [3.63, 3.8) is 0 Å². The summed E-state index contributed by atoms with van der Waals surface area (Å²) in [5.41, 5.74) is 0. The molecule has 0 bridgehead atoms. The van der Waals surface area contributed by atoms with E-state index < -0.39 is 40.4 Å². The molecule has 0 aromatic heterocycles. The van der Waals surface area contributed by atoms with Crippen molar-refractivity contribution in [2.24, 2.45) is 0 Å². The van der Waals surface area contributed by atoms with Crippen LogP contribution >= 0.6 is 34.3 Å². The summed E-state index contributed by atoms with van der Waals surface area (Å²) in [6.45, 7) is 0.868. The number of hydrogen-bond donors (Lipinski definition) is 0. The highest BCUT2D eigenvalue weighted by molar-refractivity contribution is 7.23. The Balaban J connectivity index is 3.68. The van der Waals surface area contributed by atoms with E-state index in [0.717, 1.165) is 6.55 Å². The third-order valence-electron chi connectivity index (χ3n) is 1.65. The van der Waals surface area contributed by atoms with Gasteiger partial charge in [-0.2, -0.15) is 0 Å². The van der Waals surface area contributed by atoms with Crippen LogP contribution in [0.4, 0.5) is 17.3 Å². The average Bonchev–Trinajstić information content (AvgIpc) is 2.09. The van der Waals surface area contributed by atoms with Crippen LogP contribution in [-0.4, -0.2) is 7.72 Å². The van der Waals surface area contributed by atoms with Crippen LogP contribution in [0.25, 0.3) is 0 Å². The maximum absolute atomic E-state index is 13.4. The van der Waals surface area contributed by atoms with E-state index in [1.54, 1.807) is 0 Å². The van der Waals surface area contributed by atoms with E-state index in [2.05, 4.69) is 0 Å². The first-order valence-corrected chi connectivity index (χ1v) is 7.72. The molecule has 0 fully saturated rings. The van der Waals surface area contributed by atoms with E-state index in [0.29, 0.717) is 0 Å². The van der Waals surface area contributed by atoms with Crippen LogP contribution in [0.2, 0.25) is 16.6 Å². The van der Waals surface area contributed by atoms with Crippen molar-refractivity contribution >= 4 is 47.2 Å². The Bertz CT molecular complexity index is 387. The molecule has 0 spiro atoms. The molecule has 84 valence electrons. The zero-order chi connectivity index (χ0) is 12.0. The average molecular weight is 298 g/mol. The minimum Gasteiger partial charge on any atom is -0.287 e. The molecule has 8 heteroatoms. The van der Waals surface area contributed by atoms with Crippen LogP contribution in [0, 0.1) is 17.5 Å². The monoisotopic (exact) mass is 296 g/mol. The van der Waals surface area contributed by atoms with Crippen molar-refractivity contribution in [2.75, 3.05) is 0 Å². The number of benzene rings is 1. The normalized spacial score (nSPS) is 15.2. The van der Waals surface area contributed by atoms with Crippen molar-refractivity contribution in [1.82, 2.24) is 0 Å². The fourth-order valence-corrected chi connectivity index (χ4v) is 3.63. The second-order valence-electron chi connectivity index (χ2n) is 2.83. The van der Waals surface area contributed by atoms with Gasteiger partial charge < -0.3 is 0 Å². The molecule has 1 atom stereocenters. The first-order chi connectivity index (χ1) is 6.68. The first-order valence-electron chi connectivity index (χ1n) is 3.57. The van der Waals surface area contributed by atoms with Crippen molar-refractivity contribution in [1.29, 1.82) is 0 Å². The summed E-state index contributed by atoms with van der Waals surface area (Å²) in [6.07, 6.45) is 0. The van der Waals surface area contributed by atoms with Crippen molar-refractivity contribution < 1.29 is 17.3 Å². The fourth-order valence-electron chi connectivity index (χ4n) is 0.990. The van der Waals surface area contributed by atoms with Gasteiger partial charge >= 0.3 is 7.72 Å². The maximum atomic E-state index is 13.4. The van der Waals surface area contributed by atoms with Crippen LogP contribution in [0.1, 0.15) is 0 Å². The summed E-state index contributed by atoms with van der Waals surface area (Å²) in [7, 11) is -4.23. The van der Waals surface area contributed by atoms with Crippen LogP contribution in [0.3, 0.4) is 0 Å². The van der Waals surface area contributed by atoms with Gasteiger partial charge in [0.2, 0.25) is 0 Å². The topological polar surface area (TPSA) is 0 Å². The Labute approximate surface area is 98.6 Å². The molecule has 1 aromatic rings. The third kappa shape index (κ3) is 2.25. The quantitative estimate of drug-likeness (QED) is 0.242. The van der Waals surface area contributed by atoms with Gasteiger partial charge in [0.25, 0.3) is 0 Å². The largest absolute Gasteiger partial charge is 0.371 e. The number of hydrogen-bond acceptors (Lipinski definition) is 0. The van der Waals surface area contributed by atoms with E-state index in [4.69, 9.17) is 34.3 Å². The van der Waals surface area contributed by atoms with Gasteiger partial charge in [-0.15, -0.1) is 11.1 Å². The Kier molecular flexibility index (Phi) is 3.60. The molecule has 1 aromatic carbocycles. The standard InChI is InChI=1S/C7H3Cl3F4Si/c1-15(10,14)7-3(9)5(12)4(11)2(8)6(7)13/h1H3. The highest BCUT2D eigenvalue weighted by Crippen LogP contribution is 2.29. The minimum absolute atomic E-state index is 0.868. The van der Waals surface area contributed by atoms with Crippen LogP contribution in [0.5, 0.6) is 0 Å². The lowest BCUT2D eigenvalue weighted by molar-refractivity contribution is 0.498. The summed E-state index contributed by atoms with van der Waals surface area (Å²) in [6, 6.07) is 0. The molecule has 0 aliphatic heterocycles. The third-order valence-corrected chi connectivity index (χ3v) is 4.41. The van der Waals surface area contributed by atoms with Gasteiger partial charge in [0.15, 0.2) is 11.6 Å². The highest BCUT2D eigenvalue weighted by Gasteiger charge is 2.38. The van der Waals surface area contributed by atoms with Gasteiger partial charge in [0.05, 0.1) is 5.02 Å². The molecule has 0 saturated heterocycles. The highest BCUT2D eigenvalue weighted by atomic mass is 35.6. The van der Waals surface area contributed by atoms with Gasteiger partial charge in [-0.25, -0.2) is 13.2 Å². The Morgan fingerprint density at radius 2 is 1.33 bits per heavy atom. The Morgan fingerprint density at radius 3 is 1.73 bits per heavy atom. The lowest BCUT2D eigenvalue weighted by Gasteiger charge is -2.14. The van der Waals surface area contributed by atoms with Crippen molar-refractivity contribution in [3.05, 3.63) is 27.5 Å².